The molecule has 8 nitrogen and oxygen atoms in total. The van der Waals surface area contributed by atoms with Crippen molar-refractivity contribution in [3.05, 3.63) is 35.8 Å². The summed E-state index contributed by atoms with van der Waals surface area (Å²) >= 11 is 0. The Morgan fingerprint density at radius 2 is 2.20 bits per heavy atom. The average Bonchev–Trinajstić information content (AvgIpc) is 3.11. The zero-order valence-corrected chi connectivity index (χ0v) is 14.3. The van der Waals surface area contributed by atoms with Gasteiger partial charge in [-0.15, -0.1) is 0 Å². The van der Waals surface area contributed by atoms with Gasteiger partial charge in [-0.1, -0.05) is 6.92 Å². The molecule has 0 spiro atoms. The number of amides is 2. The van der Waals surface area contributed by atoms with Gasteiger partial charge >= 0.3 is 11.8 Å². The molecule has 0 aromatic carbocycles. The fourth-order valence-corrected chi connectivity index (χ4v) is 3.11. The zero-order valence-electron chi connectivity index (χ0n) is 14.3. The highest BCUT2D eigenvalue weighted by molar-refractivity contribution is 6.39. The number of likely N-dealkylation sites (tertiary alicyclic amines) is 1. The maximum absolute atomic E-state index is 12.7. The molecule has 2 aromatic heterocycles. The Morgan fingerprint density at radius 3 is 2.88 bits per heavy atom. The molecule has 0 radical (unpaired) electrons. The van der Waals surface area contributed by atoms with Crippen molar-refractivity contribution in [2.45, 2.75) is 32.7 Å². The molecule has 1 aliphatic rings. The van der Waals surface area contributed by atoms with Gasteiger partial charge in [0.2, 0.25) is 0 Å². The lowest BCUT2D eigenvalue weighted by Gasteiger charge is -2.37. The van der Waals surface area contributed by atoms with E-state index in [4.69, 9.17) is 5.73 Å². The number of aromatic amines is 1. The van der Waals surface area contributed by atoms with Gasteiger partial charge in [0.15, 0.2) is 0 Å². The van der Waals surface area contributed by atoms with E-state index in [-0.39, 0.29) is 6.04 Å². The molecule has 2 atom stereocenters. The average molecular weight is 342 g/mol. The van der Waals surface area contributed by atoms with Gasteiger partial charge in [0, 0.05) is 12.7 Å². The topological polar surface area (TPSA) is 117 Å². The number of H-pyrrole nitrogens is 1. The van der Waals surface area contributed by atoms with Crippen LogP contribution in [0.25, 0.3) is 0 Å². The number of aromatic nitrogens is 3. The summed E-state index contributed by atoms with van der Waals surface area (Å²) in [6, 6.07) is 3.34. The predicted molar refractivity (Wildman–Crippen MR) is 93.5 cm³/mol. The molecule has 0 unspecified atom stereocenters. The van der Waals surface area contributed by atoms with Crippen LogP contribution in [0.1, 0.15) is 37.1 Å². The van der Waals surface area contributed by atoms with Gasteiger partial charge < -0.3 is 16.0 Å². The minimum atomic E-state index is -0.680. The molecular weight excluding hydrogens is 320 g/mol. The van der Waals surface area contributed by atoms with E-state index in [0.29, 0.717) is 24.0 Å². The van der Waals surface area contributed by atoms with Gasteiger partial charge in [-0.05, 0) is 43.4 Å². The van der Waals surface area contributed by atoms with Crippen LogP contribution in [0.15, 0.2) is 24.5 Å². The molecule has 0 bridgehead atoms. The molecule has 8 heteroatoms. The second-order valence-corrected chi connectivity index (χ2v) is 6.54. The van der Waals surface area contributed by atoms with Gasteiger partial charge in [-0.25, -0.2) is 4.98 Å². The Hall–Kier alpha value is -2.90. The first-order chi connectivity index (χ1) is 12.0. The van der Waals surface area contributed by atoms with Crippen LogP contribution >= 0.6 is 0 Å². The SMILES string of the molecule is Cc1cc(NC(=O)C(=O)N2C[C@@H](C)CC[C@@H]2c2cc[nH]n2)cnc1N. The van der Waals surface area contributed by atoms with Crippen molar-refractivity contribution in [2.75, 3.05) is 17.6 Å². The Morgan fingerprint density at radius 1 is 1.40 bits per heavy atom. The van der Waals surface area contributed by atoms with E-state index in [9.17, 15) is 9.59 Å². The fourth-order valence-electron chi connectivity index (χ4n) is 3.11. The normalized spacial score (nSPS) is 20.3. The van der Waals surface area contributed by atoms with Crippen molar-refractivity contribution in [2.24, 2.45) is 5.92 Å². The van der Waals surface area contributed by atoms with Crippen molar-refractivity contribution < 1.29 is 9.59 Å². The Bertz CT molecular complexity index is 773. The third kappa shape index (κ3) is 3.62. The number of nitrogen functional groups attached to an aromatic ring is 1. The number of carbonyl (C=O) groups is 2. The van der Waals surface area contributed by atoms with Gasteiger partial charge in [-0.2, -0.15) is 5.10 Å². The van der Waals surface area contributed by atoms with Crippen LogP contribution in [0.2, 0.25) is 0 Å². The van der Waals surface area contributed by atoms with Crippen molar-refractivity contribution >= 4 is 23.3 Å². The largest absolute Gasteiger partial charge is 0.383 e. The minimum Gasteiger partial charge on any atom is -0.383 e. The first kappa shape index (κ1) is 16.9. The lowest BCUT2D eigenvalue weighted by molar-refractivity contribution is -0.146. The maximum atomic E-state index is 12.7. The molecule has 1 saturated heterocycles. The van der Waals surface area contributed by atoms with E-state index < -0.39 is 11.8 Å². The van der Waals surface area contributed by atoms with Crippen molar-refractivity contribution in [1.29, 1.82) is 0 Å². The van der Waals surface area contributed by atoms with Crippen LogP contribution < -0.4 is 11.1 Å². The lowest BCUT2D eigenvalue weighted by atomic mass is 9.92. The Balaban J connectivity index is 1.76. The highest BCUT2D eigenvalue weighted by Gasteiger charge is 2.35. The summed E-state index contributed by atoms with van der Waals surface area (Å²) in [4.78, 5) is 30.8. The van der Waals surface area contributed by atoms with Crippen molar-refractivity contribution in [3.8, 4) is 0 Å². The van der Waals surface area contributed by atoms with Crippen LogP contribution in [-0.4, -0.2) is 38.4 Å². The number of pyridine rings is 1. The zero-order chi connectivity index (χ0) is 18.0. The summed E-state index contributed by atoms with van der Waals surface area (Å²) in [6.45, 7) is 4.40. The Labute approximate surface area is 145 Å². The molecule has 0 saturated carbocycles. The molecule has 4 N–H and O–H groups in total. The smallest absolute Gasteiger partial charge is 0.313 e. The molecule has 1 fully saturated rings. The van der Waals surface area contributed by atoms with E-state index in [2.05, 4.69) is 27.4 Å². The second-order valence-electron chi connectivity index (χ2n) is 6.54. The number of carbonyl (C=O) groups excluding carboxylic acids is 2. The lowest BCUT2D eigenvalue weighted by Crippen LogP contribution is -2.46. The molecule has 132 valence electrons. The molecule has 25 heavy (non-hydrogen) atoms. The first-order valence-corrected chi connectivity index (χ1v) is 8.29. The van der Waals surface area contributed by atoms with Crippen LogP contribution in [0.4, 0.5) is 11.5 Å². The third-order valence-corrected chi connectivity index (χ3v) is 4.51. The van der Waals surface area contributed by atoms with Crippen molar-refractivity contribution in [1.82, 2.24) is 20.1 Å². The number of hydrogen-bond acceptors (Lipinski definition) is 5. The second kappa shape index (κ2) is 6.92. The van der Waals surface area contributed by atoms with Gasteiger partial charge in [0.25, 0.3) is 0 Å². The number of nitrogens with one attached hydrogen (secondary N) is 2. The first-order valence-electron chi connectivity index (χ1n) is 8.29. The quantitative estimate of drug-likeness (QED) is 0.717. The van der Waals surface area contributed by atoms with E-state index in [0.717, 1.165) is 24.1 Å². The molecule has 2 amide bonds. The maximum Gasteiger partial charge on any atom is 0.313 e. The number of anilines is 2. The van der Waals surface area contributed by atoms with Crippen LogP contribution in [0, 0.1) is 12.8 Å². The fraction of sp³-hybridized carbons (Fsp3) is 0.412. The van der Waals surface area contributed by atoms with Crippen LogP contribution in [0.3, 0.4) is 0 Å². The minimum absolute atomic E-state index is 0.188. The Kier molecular flexibility index (Phi) is 4.69. The van der Waals surface area contributed by atoms with Crippen molar-refractivity contribution in [3.63, 3.8) is 0 Å². The van der Waals surface area contributed by atoms with E-state index >= 15 is 0 Å². The van der Waals surface area contributed by atoms with Gasteiger partial charge in [-0.3, -0.25) is 14.7 Å². The highest BCUT2D eigenvalue weighted by atomic mass is 16.2. The number of hydrogen-bond donors (Lipinski definition) is 3. The number of aryl methyl sites for hydroxylation is 1. The highest BCUT2D eigenvalue weighted by Crippen LogP contribution is 2.32. The summed E-state index contributed by atoms with van der Waals surface area (Å²) < 4.78 is 0. The van der Waals surface area contributed by atoms with Gasteiger partial charge in [0.05, 0.1) is 23.6 Å². The molecule has 1 aliphatic heterocycles. The summed E-state index contributed by atoms with van der Waals surface area (Å²) in [6.07, 6.45) is 4.94. The number of piperidine rings is 1. The predicted octanol–water partition coefficient (Wildman–Crippen LogP) is 1.63. The molecule has 2 aromatic rings. The van der Waals surface area contributed by atoms with Gasteiger partial charge in [0.1, 0.15) is 5.82 Å². The summed E-state index contributed by atoms with van der Waals surface area (Å²) in [5, 5.41) is 9.57. The molecular formula is C17H22N6O2. The van der Waals surface area contributed by atoms with Crippen LogP contribution in [-0.2, 0) is 9.59 Å². The van der Waals surface area contributed by atoms with E-state index in [1.807, 2.05) is 6.07 Å². The van der Waals surface area contributed by atoms with E-state index in [1.165, 1.54) is 6.20 Å². The third-order valence-electron chi connectivity index (χ3n) is 4.51. The summed E-state index contributed by atoms with van der Waals surface area (Å²) in [5.41, 5.74) is 7.64. The monoisotopic (exact) mass is 342 g/mol. The number of rotatable bonds is 2. The summed E-state index contributed by atoms with van der Waals surface area (Å²) in [7, 11) is 0. The number of nitrogens with two attached hydrogens (primary N) is 1. The molecule has 3 heterocycles. The van der Waals surface area contributed by atoms with Crippen LogP contribution in [0.5, 0.6) is 0 Å². The molecule has 0 aliphatic carbocycles. The molecule has 3 rings (SSSR count). The van der Waals surface area contributed by atoms with E-state index in [1.54, 1.807) is 24.1 Å². The number of nitrogens with zero attached hydrogens (tertiary/aromatic N) is 3. The summed E-state index contributed by atoms with van der Waals surface area (Å²) in [5.74, 6) is -0.505. The standard InChI is InChI=1S/C17H22N6O2/c1-10-3-4-14(13-5-6-20-22-13)23(9-10)17(25)16(24)21-12-7-11(2)15(18)19-8-12/h5-8,10,14H,3-4,9H2,1-2H3,(H2,18,19)(H,20,22)(H,21,24)/t10-,14+/m0/s1.